The number of rotatable bonds is 4. The average Bonchev–Trinajstić information content (AvgIpc) is 2.89. The summed E-state index contributed by atoms with van der Waals surface area (Å²) in [6.07, 6.45) is 1.56. The normalized spacial score (nSPS) is 21.4. The van der Waals surface area contributed by atoms with Crippen LogP contribution in [0.15, 0.2) is 24.3 Å². The lowest BCUT2D eigenvalue weighted by atomic mass is 10.1. The zero-order valence-electron chi connectivity index (χ0n) is 12.1. The van der Waals surface area contributed by atoms with Crippen molar-refractivity contribution in [1.29, 1.82) is 0 Å². The van der Waals surface area contributed by atoms with Crippen LogP contribution in [-0.4, -0.2) is 53.9 Å². The summed E-state index contributed by atoms with van der Waals surface area (Å²) in [6, 6.07) is 6.62. The van der Waals surface area contributed by atoms with Gasteiger partial charge in [0.05, 0.1) is 13.2 Å². The van der Waals surface area contributed by atoms with Crippen molar-refractivity contribution in [3.8, 4) is 0 Å². The number of carbonyl (C=O) groups excluding carboxylic acids is 2. The Morgan fingerprint density at radius 1 is 1.38 bits per heavy atom. The van der Waals surface area contributed by atoms with Crippen LogP contribution in [0.4, 0.5) is 0 Å². The fourth-order valence-corrected chi connectivity index (χ4v) is 3.00. The molecule has 1 N–H and O–H groups in total. The predicted molar refractivity (Wildman–Crippen MR) is 81.1 cm³/mol. The molecular formula is C15H19NO4S. The molecule has 1 aliphatic rings. The number of amides is 1. The van der Waals surface area contributed by atoms with Crippen molar-refractivity contribution in [3.63, 3.8) is 0 Å². The minimum absolute atomic E-state index is 0.158. The van der Waals surface area contributed by atoms with E-state index < -0.39 is 18.1 Å². The van der Waals surface area contributed by atoms with Crippen LogP contribution < -0.4 is 0 Å². The number of likely N-dealkylation sites (tertiary alicyclic amines) is 1. The van der Waals surface area contributed by atoms with Crippen molar-refractivity contribution < 1.29 is 19.4 Å². The summed E-state index contributed by atoms with van der Waals surface area (Å²) in [5.74, 6) is 0.151. The molecular weight excluding hydrogens is 290 g/mol. The Hall–Kier alpha value is -1.53. The van der Waals surface area contributed by atoms with Gasteiger partial charge in [-0.1, -0.05) is 12.1 Å². The quantitative estimate of drug-likeness (QED) is 0.849. The van der Waals surface area contributed by atoms with Gasteiger partial charge >= 0.3 is 5.97 Å². The van der Waals surface area contributed by atoms with Gasteiger partial charge in [-0.25, -0.2) is 4.79 Å². The van der Waals surface area contributed by atoms with Crippen LogP contribution in [-0.2, 0) is 15.3 Å². The molecule has 2 atom stereocenters. The van der Waals surface area contributed by atoms with Crippen molar-refractivity contribution in [3.05, 3.63) is 35.4 Å². The fourth-order valence-electron chi connectivity index (χ4n) is 2.47. The highest BCUT2D eigenvalue weighted by Crippen LogP contribution is 2.22. The molecule has 114 valence electrons. The lowest BCUT2D eigenvalue weighted by Gasteiger charge is -2.22. The molecule has 2 rings (SSSR count). The molecule has 0 saturated carbocycles. The van der Waals surface area contributed by atoms with Crippen LogP contribution in [0.5, 0.6) is 0 Å². The Balaban J connectivity index is 2.15. The molecule has 0 aromatic heterocycles. The zero-order chi connectivity index (χ0) is 15.4. The van der Waals surface area contributed by atoms with Crippen molar-refractivity contribution in [1.82, 2.24) is 4.90 Å². The second-order valence-electron chi connectivity index (χ2n) is 5.02. The van der Waals surface area contributed by atoms with E-state index in [1.54, 1.807) is 23.9 Å². The maximum absolute atomic E-state index is 12.5. The minimum Gasteiger partial charge on any atom is -0.467 e. The molecule has 0 spiro atoms. The van der Waals surface area contributed by atoms with E-state index >= 15 is 0 Å². The van der Waals surface area contributed by atoms with Gasteiger partial charge in [0.15, 0.2) is 0 Å². The molecule has 0 aliphatic carbocycles. The van der Waals surface area contributed by atoms with Gasteiger partial charge in [0, 0.05) is 24.3 Å². The Kier molecular flexibility index (Phi) is 5.25. The number of ether oxygens (including phenoxy) is 1. The van der Waals surface area contributed by atoms with Crippen molar-refractivity contribution in [2.75, 3.05) is 19.9 Å². The van der Waals surface area contributed by atoms with Gasteiger partial charge in [-0.2, -0.15) is 11.8 Å². The summed E-state index contributed by atoms with van der Waals surface area (Å²) < 4.78 is 4.70. The monoisotopic (exact) mass is 309 g/mol. The molecule has 1 heterocycles. The largest absolute Gasteiger partial charge is 0.467 e. The van der Waals surface area contributed by atoms with Crippen LogP contribution in [0.1, 0.15) is 22.3 Å². The number of nitrogens with zero attached hydrogens (tertiary/aromatic N) is 1. The Morgan fingerprint density at radius 3 is 2.62 bits per heavy atom. The molecule has 5 nitrogen and oxygen atoms in total. The molecule has 1 aliphatic heterocycles. The first-order valence-electron chi connectivity index (χ1n) is 6.71. The average molecular weight is 309 g/mol. The van der Waals surface area contributed by atoms with Gasteiger partial charge in [0.2, 0.25) is 0 Å². The second kappa shape index (κ2) is 6.95. The maximum atomic E-state index is 12.5. The SMILES string of the molecule is COC(=O)C1CC(O)CN1C(=O)c1ccc(CSC)cc1. The lowest BCUT2D eigenvalue weighted by molar-refractivity contribution is -0.145. The summed E-state index contributed by atoms with van der Waals surface area (Å²) in [4.78, 5) is 25.6. The van der Waals surface area contributed by atoms with Crippen LogP contribution in [0.25, 0.3) is 0 Å². The van der Waals surface area contributed by atoms with E-state index in [9.17, 15) is 14.7 Å². The number of β-amino-alcohol motifs (C(OH)–C–C–N with tert-alkyl or cyclic N) is 1. The molecule has 1 fully saturated rings. The van der Waals surface area contributed by atoms with Gasteiger partial charge in [-0.15, -0.1) is 0 Å². The van der Waals surface area contributed by atoms with Gasteiger partial charge in [0.25, 0.3) is 5.91 Å². The van der Waals surface area contributed by atoms with E-state index in [0.29, 0.717) is 5.56 Å². The number of thioether (sulfide) groups is 1. The van der Waals surface area contributed by atoms with Crippen LogP contribution >= 0.6 is 11.8 Å². The molecule has 1 aromatic rings. The molecule has 1 amide bonds. The van der Waals surface area contributed by atoms with Crippen molar-refractivity contribution in [2.24, 2.45) is 0 Å². The Morgan fingerprint density at radius 2 is 2.05 bits per heavy atom. The summed E-state index contributed by atoms with van der Waals surface area (Å²) in [6.45, 7) is 0.158. The number of esters is 1. The summed E-state index contributed by atoms with van der Waals surface area (Å²) in [5.41, 5.74) is 1.66. The van der Waals surface area contributed by atoms with Gasteiger partial charge < -0.3 is 14.7 Å². The molecule has 1 aromatic carbocycles. The van der Waals surface area contributed by atoms with Crippen molar-refractivity contribution >= 4 is 23.6 Å². The number of benzene rings is 1. The highest BCUT2D eigenvalue weighted by molar-refractivity contribution is 7.97. The van der Waals surface area contributed by atoms with E-state index in [0.717, 1.165) is 11.3 Å². The minimum atomic E-state index is -0.705. The van der Waals surface area contributed by atoms with Gasteiger partial charge in [-0.3, -0.25) is 4.79 Å². The number of aliphatic hydroxyl groups is 1. The predicted octanol–water partition coefficient (Wildman–Crippen LogP) is 1.30. The molecule has 6 heteroatoms. The maximum Gasteiger partial charge on any atom is 0.328 e. The van der Waals surface area contributed by atoms with Gasteiger partial charge in [0.1, 0.15) is 6.04 Å². The number of carbonyl (C=O) groups is 2. The molecule has 2 unspecified atom stereocenters. The van der Waals surface area contributed by atoms with Crippen molar-refractivity contribution in [2.45, 2.75) is 24.3 Å². The Labute approximate surface area is 128 Å². The summed E-state index contributed by atoms with van der Waals surface area (Å²) >= 11 is 1.71. The van der Waals surface area contributed by atoms with Crippen LogP contribution in [0.2, 0.25) is 0 Å². The third kappa shape index (κ3) is 3.57. The second-order valence-corrected chi connectivity index (χ2v) is 5.88. The number of methoxy groups -OCH3 is 1. The smallest absolute Gasteiger partial charge is 0.328 e. The third-order valence-corrected chi connectivity index (χ3v) is 4.15. The highest BCUT2D eigenvalue weighted by atomic mass is 32.2. The molecule has 0 radical (unpaired) electrons. The third-order valence-electron chi connectivity index (χ3n) is 3.53. The van der Waals surface area contributed by atoms with E-state index in [2.05, 4.69) is 0 Å². The van der Waals surface area contributed by atoms with E-state index in [-0.39, 0.29) is 18.9 Å². The lowest BCUT2D eigenvalue weighted by Crippen LogP contribution is -2.41. The number of hydrogen-bond donors (Lipinski definition) is 1. The molecule has 0 bridgehead atoms. The highest BCUT2D eigenvalue weighted by Gasteiger charge is 2.39. The number of hydrogen-bond acceptors (Lipinski definition) is 5. The first-order valence-corrected chi connectivity index (χ1v) is 8.11. The zero-order valence-corrected chi connectivity index (χ0v) is 12.9. The number of aliphatic hydroxyl groups excluding tert-OH is 1. The first-order chi connectivity index (χ1) is 10.1. The molecule has 1 saturated heterocycles. The standard InChI is InChI=1S/C15H19NO4S/c1-20-15(19)13-7-12(17)8-16(13)14(18)11-5-3-10(4-6-11)9-21-2/h3-6,12-13,17H,7-9H2,1-2H3. The summed E-state index contributed by atoms with van der Waals surface area (Å²) in [5, 5.41) is 9.72. The van der Waals surface area contributed by atoms with Crippen LogP contribution in [0.3, 0.4) is 0 Å². The summed E-state index contributed by atoms with van der Waals surface area (Å²) in [7, 11) is 1.28. The fraction of sp³-hybridized carbons (Fsp3) is 0.467. The first kappa shape index (κ1) is 15.9. The van der Waals surface area contributed by atoms with E-state index in [1.807, 2.05) is 18.4 Å². The topological polar surface area (TPSA) is 66.8 Å². The molecule has 21 heavy (non-hydrogen) atoms. The van der Waals surface area contributed by atoms with E-state index in [1.165, 1.54) is 12.0 Å². The Bertz CT molecular complexity index is 517. The van der Waals surface area contributed by atoms with Crippen LogP contribution in [0, 0.1) is 0 Å². The van der Waals surface area contributed by atoms with Gasteiger partial charge in [-0.05, 0) is 24.0 Å². The van der Waals surface area contributed by atoms with E-state index in [4.69, 9.17) is 4.74 Å².